The highest BCUT2D eigenvalue weighted by Gasteiger charge is 2.47. The van der Waals surface area contributed by atoms with Crippen LogP contribution in [0.4, 0.5) is 4.39 Å². The van der Waals surface area contributed by atoms with Gasteiger partial charge < -0.3 is 10.1 Å². The molecule has 2 heterocycles. The van der Waals surface area contributed by atoms with Crippen molar-refractivity contribution >= 4 is 0 Å². The number of rotatable bonds is 3. The SMILES string of the molecule is Fc1cccc(C2(CC3CCC4(CCCC4)O3)CNC2)c1. The number of hydrogen-bond donors (Lipinski definition) is 1. The van der Waals surface area contributed by atoms with Crippen LogP contribution in [-0.2, 0) is 10.2 Å². The molecule has 1 N–H and O–H groups in total. The van der Waals surface area contributed by atoms with E-state index in [1.165, 1.54) is 44.6 Å². The molecule has 1 unspecified atom stereocenters. The Kier molecular flexibility index (Phi) is 3.31. The standard InChI is InChI=1S/C18H24FNO/c19-15-5-3-4-14(10-15)17(12-20-13-17)11-16-6-9-18(21-16)7-1-2-8-18/h3-5,10,16,20H,1-2,6-9,11-13H2. The summed E-state index contributed by atoms with van der Waals surface area (Å²) in [6.45, 7) is 1.90. The second-order valence-corrected chi connectivity index (χ2v) is 7.27. The van der Waals surface area contributed by atoms with Crippen molar-refractivity contribution in [2.24, 2.45) is 0 Å². The molecular formula is C18H24FNO. The summed E-state index contributed by atoms with van der Waals surface area (Å²) in [5.41, 5.74) is 1.42. The Labute approximate surface area is 126 Å². The van der Waals surface area contributed by atoms with Crippen LogP contribution in [0.3, 0.4) is 0 Å². The summed E-state index contributed by atoms with van der Waals surface area (Å²) in [5.74, 6) is -0.127. The van der Waals surface area contributed by atoms with E-state index in [0.717, 1.165) is 25.1 Å². The molecule has 21 heavy (non-hydrogen) atoms. The van der Waals surface area contributed by atoms with Crippen molar-refractivity contribution in [2.75, 3.05) is 13.1 Å². The molecule has 4 rings (SSSR count). The average molecular weight is 289 g/mol. The van der Waals surface area contributed by atoms with Crippen LogP contribution in [0.2, 0.25) is 0 Å². The van der Waals surface area contributed by atoms with Crippen molar-refractivity contribution in [2.45, 2.75) is 62.1 Å². The van der Waals surface area contributed by atoms with Crippen LogP contribution in [0.1, 0.15) is 50.5 Å². The van der Waals surface area contributed by atoms with E-state index in [-0.39, 0.29) is 16.8 Å². The summed E-state index contributed by atoms with van der Waals surface area (Å²) in [7, 11) is 0. The van der Waals surface area contributed by atoms with E-state index >= 15 is 0 Å². The number of hydrogen-bond acceptors (Lipinski definition) is 2. The Morgan fingerprint density at radius 2 is 2.00 bits per heavy atom. The average Bonchev–Trinajstić information content (AvgIpc) is 3.05. The van der Waals surface area contributed by atoms with Gasteiger partial charge in [-0.3, -0.25) is 0 Å². The quantitative estimate of drug-likeness (QED) is 0.919. The minimum absolute atomic E-state index is 0.0803. The zero-order valence-electron chi connectivity index (χ0n) is 12.5. The Bertz CT molecular complexity index is 520. The lowest BCUT2D eigenvalue weighted by Gasteiger charge is -2.45. The van der Waals surface area contributed by atoms with Crippen molar-refractivity contribution in [3.8, 4) is 0 Å². The molecule has 0 aromatic heterocycles. The third kappa shape index (κ3) is 2.40. The molecule has 1 aromatic rings. The van der Waals surface area contributed by atoms with Crippen LogP contribution in [0.15, 0.2) is 24.3 Å². The fraction of sp³-hybridized carbons (Fsp3) is 0.667. The summed E-state index contributed by atoms with van der Waals surface area (Å²) in [6, 6.07) is 7.15. The molecule has 3 aliphatic rings. The molecule has 1 spiro atoms. The van der Waals surface area contributed by atoms with E-state index in [0.29, 0.717) is 6.10 Å². The molecule has 0 bridgehead atoms. The monoisotopic (exact) mass is 289 g/mol. The highest BCUT2D eigenvalue weighted by Crippen LogP contribution is 2.46. The molecule has 0 radical (unpaired) electrons. The maximum atomic E-state index is 13.6. The van der Waals surface area contributed by atoms with Crippen molar-refractivity contribution < 1.29 is 9.13 Å². The summed E-state index contributed by atoms with van der Waals surface area (Å²) in [5, 5.41) is 3.38. The summed E-state index contributed by atoms with van der Waals surface area (Å²) >= 11 is 0. The lowest BCUT2D eigenvalue weighted by atomic mass is 9.71. The second kappa shape index (κ2) is 5.06. The smallest absolute Gasteiger partial charge is 0.123 e. The first-order valence-electron chi connectivity index (χ1n) is 8.35. The first kappa shape index (κ1) is 13.7. The molecule has 114 valence electrons. The highest BCUT2D eigenvalue weighted by molar-refractivity contribution is 5.30. The van der Waals surface area contributed by atoms with Crippen molar-refractivity contribution in [1.82, 2.24) is 5.32 Å². The summed E-state index contributed by atoms with van der Waals surface area (Å²) in [6.07, 6.45) is 8.93. The van der Waals surface area contributed by atoms with Gasteiger partial charge in [-0.2, -0.15) is 0 Å². The van der Waals surface area contributed by atoms with E-state index in [9.17, 15) is 4.39 Å². The molecule has 2 saturated heterocycles. The van der Waals surface area contributed by atoms with Crippen molar-refractivity contribution in [3.05, 3.63) is 35.6 Å². The second-order valence-electron chi connectivity index (χ2n) is 7.27. The normalized spacial score (nSPS) is 29.7. The fourth-order valence-electron chi connectivity index (χ4n) is 4.57. The Morgan fingerprint density at radius 1 is 1.19 bits per heavy atom. The maximum absolute atomic E-state index is 13.6. The first-order chi connectivity index (χ1) is 10.2. The number of benzene rings is 1. The number of halogens is 1. The van der Waals surface area contributed by atoms with Gasteiger partial charge in [0, 0.05) is 18.5 Å². The molecule has 2 nitrogen and oxygen atoms in total. The highest BCUT2D eigenvalue weighted by atomic mass is 19.1. The molecule has 0 amide bonds. The number of nitrogens with one attached hydrogen (secondary N) is 1. The third-order valence-electron chi connectivity index (χ3n) is 5.84. The Balaban J connectivity index is 1.50. The van der Waals surface area contributed by atoms with Crippen LogP contribution in [0.5, 0.6) is 0 Å². The topological polar surface area (TPSA) is 21.3 Å². The van der Waals surface area contributed by atoms with Crippen LogP contribution >= 0.6 is 0 Å². The summed E-state index contributed by atoms with van der Waals surface area (Å²) < 4.78 is 20.0. The molecule has 1 aliphatic carbocycles. The van der Waals surface area contributed by atoms with Gasteiger partial charge in [0.1, 0.15) is 5.82 Å². The van der Waals surface area contributed by atoms with Crippen LogP contribution < -0.4 is 5.32 Å². The van der Waals surface area contributed by atoms with Gasteiger partial charge in [0.25, 0.3) is 0 Å². The van der Waals surface area contributed by atoms with Gasteiger partial charge in [0.2, 0.25) is 0 Å². The van der Waals surface area contributed by atoms with Gasteiger partial charge in [-0.1, -0.05) is 25.0 Å². The van der Waals surface area contributed by atoms with E-state index in [4.69, 9.17) is 4.74 Å². The zero-order valence-corrected chi connectivity index (χ0v) is 12.5. The van der Waals surface area contributed by atoms with E-state index in [1.807, 2.05) is 6.07 Å². The Hall–Kier alpha value is -0.930. The minimum Gasteiger partial charge on any atom is -0.372 e. The largest absolute Gasteiger partial charge is 0.372 e. The van der Waals surface area contributed by atoms with Gasteiger partial charge in [0.15, 0.2) is 0 Å². The third-order valence-corrected chi connectivity index (χ3v) is 5.84. The van der Waals surface area contributed by atoms with Crippen LogP contribution in [0, 0.1) is 5.82 Å². The van der Waals surface area contributed by atoms with E-state index in [1.54, 1.807) is 6.07 Å². The van der Waals surface area contributed by atoms with E-state index in [2.05, 4.69) is 11.4 Å². The Morgan fingerprint density at radius 3 is 2.67 bits per heavy atom. The zero-order chi connectivity index (χ0) is 14.3. The minimum atomic E-state index is -0.127. The molecular weight excluding hydrogens is 265 g/mol. The maximum Gasteiger partial charge on any atom is 0.123 e. The van der Waals surface area contributed by atoms with Gasteiger partial charge >= 0.3 is 0 Å². The molecule has 1 saturated carbocycles. The van der Waals surface area contributed by atoms with Crippen LogP contribution in [-0.4, -0.2) is 24.8 Å². The van der Waals surface area contributed by atoms with Crippen molar-refractivity contribution in [3.63, 3.8) is 0 Å². The van der Waals surface area contributed by atoms with Crippen LogP contribution in [0.25, 0.3) is 0 Å². The molecule has 1 aromatic carbocycles. The predicted molar refractivity (Wildman–Crippen MR) is 80.9 cm³/mol. The summed E-state index contributed by atoms with van der Waals surface area (Å²) in [4.78, 5) is 0. The van der Waals surface area contributed by atoms with Gasteiger partial charge in [-0.15, -0.1) is 0 Å². The predicted octanol–water partition coefficient (Wildman–Crippen LogP) is 3.55. The molecule has 3 fully saturated rings. The van der Waals surface area contributed by atoms with Gasteiger partial charge in [-0.05, 0) is 49.8 Å². The fourth-order valence-corrected chi connectivity index (χ4v) is 4.57. The molecule has 1 atom stereocenters. The van der Waals surface area contributed by atoms with Gasteiger partial charge in [0.05, 0.1) is 11.7 Å². The van der Waals surface area contributed by atoms with E-state index < -0.39 is 0 Å². The lowest BCUT2D eigenvalue weighted by molar-refractivity contribution is -0.0502. The van der Waals surface area contributed by atoms with Gasteiger partial charge in [-0.25, -0.2) is 4.39 Å². The molecule has 2 aliphatic heterocycles. The lowest BCUT2D eigenvalue weighted by Crippen LogP contribution is -2.58. The molecule has 3 heteroatoms. The first-order valence-corrected chi connectivity index (χ1v) is 8.35. The number of ether oxygens (including phenoxy) is 1. The van der Waals surface area contributed by atoms with Crippen molar-refractivity contribution in [1.29, 1.82) is 0 Å².